The molecule has 5 aromatic rings. The molecule has 2 aliphatic heterocycles. The van der Waals surface area contributed by atoms with Crippen LogP contribution in [-0.4, -0.2) is 55.1 Å². The van der Waals surface area contributed by atoms with E-state index in [4.69, 9.17) is 0 Å². The van der Waals surface area contributed by atoms with Crippen LogP contribution in [0.3, 0.4) is 0 Å². The predicted molar refractivity (Wildman–Crippen MR) is 150 cm³/mol. The number of rotatable bonds is 6. The maximum absolute atomic E-state index is 13.5. The van der Waals surface area contributed by atoms with Gasteiger partial charge < -0.3 is 19.7 Å². The highest BCUT2D eigenvalue weighted by Crippen LogP contribution is 2.44. The van der Waals surface area contributed by atoms with Gasteiger partial charge in [0.15, 0.2) is 5.82 Å². The molecule has 2 aliphatic rings. The summed E-state index contributed by atoms with van der Waals surface area (Å²) in [5, 5.41) is 16.1. The van der Waals surface area contributed by atoms with Crippen molar-refractivity contribution >= 4 is 28.4 Å². The van der Waals surface area contributed by atoms with Crippen LogP contribution < -0.4 is 10.2 Å². The second-order valence-electron chi connectivity index (χ2n) is 10.2. The lowest BCUT2D eigenvalue weighted by molar-refractivity contribution is -0.121. The van der Waals surface area contributed by atoms with Gasteiger partial charge in [-0.25, -0.2) is 0 Å². The first-order chi connectivity index (χ1) is 19.6. The van der Waals surface area contributed by atoms with E-state index >= 15 is 0 Å². The van der Waals surface area contributed by atoms with E-state index in [1.165, 1.54) is 10.9 Å². The van der Waals surface area contributed by atoms with Gasteiger partial charge in [-0.1, -0.05) is 48.5 Å². The minimum atomic E-state index is -0.239. The fraction of sp³-hybridized carbons (Fsp3) is 0.233. The SMILES string of the molecule is CN1c2ccccc2C(=O)N2CCc3c(n(CCC(=O)NCc4nnnn4-c4ccccc4)c4ccccc34)C21. The Hall–Kier alpha value is -4.99. The van der Waals surface area contributed by atoms with E-state index in [0.717, 1.165) is 34.6 Å². The lowest BCUT2D eigenvalue weighted by Crippen LogP contribution is -2.51. The lowest BCUT2D eigenvalue weighted by Gasteiger charge is -2.46. The highest BCUT2D eigenvalue weighted by molar-refractivity contribution is 6.02. The zero-order valence-corrected chi connectivity index (χ0v) is 22.1. The molecular formula is C30H28N8O2. The van der Waals surface area contributed by atoms with Crippen molar-refractivity contribution in [2.45, 2.75) is 32.1 Å². The molecule has 10 heteroatoms. The van der Waals surface area contributed by atoms with Crippen LogP contribution in [0.2, 0.25) is 0 Å². The number of tetrazole rings is 1. The molecule has 1 unspecified atom stereocenters. The molecule has 10 nitrogen and oxygen atoms in total. The number of aromatic nitrogens is 5. The van der Waals surface area contributed by atoms with Crippen LogP contribution in [0.5, 0.6) is 0 Å². The Morgan fingerprint density at radius 2 is 1.77 bits per heavy atom. The molecule has 0 spiro atoms. The third-order valence-electron chi connectivity index (χ3n) is 7.95. The van der Waals surface area contributed by atoms with Gasteiger partial charge in [0.05, 0.1) is 29.2 Å². The number of anilines is 1. The molecular weight excluding hydrogens is 504 g/mol. The van der Waals surface area contributed by atoms with Crippen molar-refractivity contribution in [3.8, 4) is 5.69 Å². The Morgan fingerprint density at radius 1 is 1.00 bits per heavy atom. The van der Waals surface area contributed by atoms with Gasteiger partial charge in [0.1, 0.15) is 6.17 Å². The first kappa shape index (κ1) is 24.1. The average molecular weight is 533 g/mol. The fourth-order valence-corrected chi connectivity index (χ4v) is 6.11. The zero-order valence-electron chi connectivity index (χ0n) is 22.1. The third-order valence-corrected chi connectivity index (χ3v) is 7.95. The van der Waals surface area contributed by atoms with Gasteiger partial charge in [-0.2, -0.15) is 4.68 Å². The van der Waals surface area contributed by atoms with Crippen LogP contribution in [0, 0.1) is 0 Å². The third kappa shape index (κ3) is 3.83. The highest BCUT2D eigenvalue weighted by Gasteiger charge is 2.42. The van der Waals surface area contributed by atoms with Crippen molar-refractivity contribution in [1.29, 1.82) is 0 Å². The van der Waals surface area contributed by atoms with Crippen molar-refractivity contribution in [1.82, 2.24) is 35.0 Å². The van der Waals surface area contributed by atoms with Gasteiger partial charge in [-0.15, -0.1) is 5.10 Å². The second-order valence-corrected chi connectivity index (χ2v) is 10.2. The minimum Gasteiger partial charge on any atom is -0.349 e. The van der Waals surface area contributed by atoms with E-state index in [1.807, 2.05) is 78.7 Å². The topological polar surface area (TPSA) is 101 Å². The number of nitrogens with zero attached hydrogens (tertiary/aromatic N) is 7. The summed E-state index contributed by atoms with van der Waals surface area (Å²) in [5.41, 5.74) is 5.89. The largest absolute Gasteiger partial charge is 0.349 e. The Balaban J connectivity index is 1.16. The van der Waals surface area contributed by atoms with Crippen LogP contribution >= 0.6 is 0 Å². The smallest absolute Gasteiger partial charge is 0.257 e. The number of para-hydroxylation sites is 3. The van der Waals surface area contributed by atoms with Crippen LogP contribution in [0.4, 0.5) is 5.69 Å². The summed E-state index contributed by atoms with van der Waals surface area (Å²) in [6.45, 7) is 1.36. The molecule has 2 aromatic heterocycles. The molecule has 0 saturated carbocycles. The summed E-state index contributed by atoms with van der Waals surface area (Å²) in [4.78, 5) is 30.8. The number of hydrogen-bond donors (Lipinski definition) is 1. The Bertz CT molecular complexity index is 1740. The molecule has 0 bridgehead atoms. The molecule has 4 heterocycles. The maximum Gasteiger partial charge on any atom is 0.257 e. The summed E-state index contributed by atoms with van der Waals surface area (Å²) in [7, 11) is 2.05. The first-order valence-corrected chi connectivity index (χ1v) is 13.4. The lowest BCUT2D eigenvalue weighted by atomic mass is 9.96. The molecule has 200 valence electrons. The number of carbonyl (C=O) groups is 2. The van der Waals surface area contributed by atoms with Crippen LogP contribution in [0.15, 0.2) is 78.9 Å². The van der Waals surface area contributed by atoms with Gasteiger partial charge in [-0.05, 0) is 52.7 Å². The monoisotopic (exact) mass is 532 g/mol. The Labute approximate surface area is 230 Å². The van der Waals surface area contributed by atoms with Gasteiger partial charge in [0, 0.05) is 37.5 Å². The second kappa shape index (κ2) is 9.64. The van der Waals surface area contributed by atoms with E-state index in [0.29, 0.717) is 18.9 Å². The minimum absolute atomic E-state index is 0.0510. The molecule has 1 atom stereocenters. The number of amides is 2. The number of benzene rings is 3. The Kier molecular flexibility index (Phi) is 5.80. The fourth-order valence-electron chi connectivity index (χ4n) is 6.11. The molecule has 2 amide bonds. The standard InChI is InChI=1S/C30H28N8O2/c1-35-24-13-7-6-12-23(24)30(40)37-17-15-22-21-11-5-8-14-25(21)36(28(22)29(35)37)18-16-27(39)31-19-26-32-33-34-38(26)20-9-3-2-4-10-20/h2-14,29H,15-19H2,1H3,(H,31,39). The van der Waals surface area contributed by atoms with Crippen molar-refractivity contribution in [3.05, 3.63) is 102 Å². The summed E-state index contributed by atoms with van der Waals surface area (Å²) in [6.07, 6.45) is 0.811. The van der Waals surface area contributed by atoms with E-state index < -0.39 is 0 Å². The maximum atomic E-state index is 13.5. The van der Waals surface area contributed by atoms with E-state index in [1.54, 1.807) is 4.68 Å². The number of carbonyl (C=O) groups excluding carboxylic acids is 2. The summed E-state index contributed by atoms with van der Waals surface area (Å²) in [6, 6.07) is 25.7. The van der Waals surface area contributed by atoms with Gasteiger partial charge in [0.25, 0.3) is 5.91 Å². The number of hydrogen-bond acceptors (Lipinski definition) is 6. The average Bonchev–Trinajstić information content (AvgIpc) is 3.60. The number of nitrogens with one attached hydrogen (secondary N) is 1. The van der Waals surface area contributed by atoms with Gasteiger partial charge >= 0.3 is 0 Å². The normalized spacial score (nSPS) is 16.0. The summed E-state index contributed by atoms with van der Waals surface area (Å²) < 4.78 is 3.85. The molecule has 0 radical (unpaired) electrons. The molecule has 0 aliphatic carbocycles. The molecule has 7 rings (SSSR count). The quantitative estimate of drug-likeness (QED) is 0.359. The van der Waals surface area contributed by atoms with Crippen molar-refractivity contribution in [2.24, 2.45) is 0 Å². The van der Waals surface area contributed by atoms with Crippen molar-refractivity contribution in [2.75, 3.05) is 18.5 Å². The highest BCUT2D eigenvalue weighted by atomic mass is 16.2. The van der Waals surface area contributed by atoms with Gasteiger partial charge in [0.2, 0.25) is 5.91 Å². The van der Waals surface area contributed by atoms with Crippen LogP contribution in [0.1, 0.15) is 40.0 Å². The zero-order chi connectivity index (χ0) is 27.2. The van der Waals surface area contributed by atoms with Crippen LogP contribution in [-0.2, 0) is 24.3 Å². The molecule has 0 saturated heterocycles. The van der Waals surface area contributed by atoms with Crippen molar-refractivity contribution < 1.29 is 9.59 Å². The Morgan fingerprint density at radius 3 is 2.65 bits per heavy atom. The number of fused-ring (bicyclic) bond motifs is 6. The predicted octanol–water partition coefficient (Wildman–Crippen LogP) is 3.47. The number of aryl methyl sites for hydroxylation is 1. The molecule has 0 fully saturated rings. The van der Waals surface area contributed by atoms with Crippen LogP contribution in [0.25, 0.3) is 16.6 Å². The van der Waals surface area contributed by atoms with E-state index in [-0.39, 0.29) is 30.9 Å². The van der Waals surface area contributed by atoms with E-state index in [2.05, 4.69) is 42.4 Å². The first-order valence-electron chi connectivity index (χ1n) is 13.4. The van der Waals surface area contributed by atoms with Crippen molar-refractivity contribution in [3.63, 3.8) is 0 Å². The molecule has 3 aromatic carbocycles. The van der Waals surface area contributed by atoms with Gasteiger partial charge in [-0.3, -0.25) is 9.59 Å². The molecule has 1 N–H and O–H groups in total. The summed E-state index contributed by atoms with van der Waals surface area (Å²) in [5.74, 6) is 0.509. The molecule has 40 heavy (non-hydrogen) atoms. The summed E-state index contributed by atoms with van der Waals surface area (Å²) >= 11 is 0. The van der Waals surface area contributed by atoms with E-state index in [9.17, 15) is 9.59 Å².